The maximum absolute atomic E-state index is 16.4. The van der Waals surface area contributed by atoms with Gasteiger partial charge in [0.2, 0.25) is 34.9 Å². The first kappa shape index (κ1) is 49.3. The molecule has 8 rings (SSSR count). The molecule has 0 aromatic heterocycles. The van der Waals surface area contributed by atoms with Crippen LogP contribution in [0.3, 0.4) is 0 Å². The molecule has 13 nitrogen and oxygen atoms in total. The normalized spacial score (nSPS) is 32.0. The summed E-state index contributed by atoms with van der Waals surface area (Å²) >= 11 is 0. The maximum atomic E-state index is 16.4. The third kappa shape index (κ3) is 7.87. The van der Waals surface area contributed by atoms with Crippen molar-refractivity contribution in [1.29, 1.82) is 0 Å². The zero-order chi connectivity index (χ0) is 49.1. The summed E-state index contributed by atoms with van der Waals surface area (Å²) in [5.41, 5.74) is -4.21. The molecule has 0 radical (unpaired) electrons. The Bertz CT molecular complexity index is 2660. The molecule has 0 amide bonds. The van der Waals surface area contributed by atoms with Crippen LogP contribution in [0.1, 0.15) is 73.0 Å². The summed E-state index contributed by atoms with van der Waals surface area (Å²) in [5.74, 6) is -35.5. The second-order valence-corrected chi connectivity index (χ2v) is 20.5. The minimum atomic E-state index is -5.50. The van der Waals surface area contributed by atoms with E-state index in [0.29, 0.717) is 21.3 Å². The van der Waals surface area contributed by atoms with Gasteiger partial charge in [-0.1, -0.05) is 0 Å². The number of halogens is 12. The van der Waals surface area contributed by atoms with E-state index < -0.39 is 226 Å². The SMILES string of the molecule is COc1c(F)c(F)c(C2C3CCC(N3)C(c3c(F)c(F)c(OC)c(F)c3F)C3CC(S(=O)(=O)O)C(N3)C3CC(S(=O)(=O)O)C(N3)C(c3c(F)c(F)c(OC)c(F)c3F)C3CCC2N3)c(F)c1F. The molecule has 0 spiro atoms. The van der Waals surface area contributed by atoms with E-state index in [2.05, 4.69) is 35.5 Å². The Kier molecular flexibility index (Phi) is 13.0. The summed E-state index contributed by atoms with van der Waals surface area (Å²) in [4.78, 5) is 0. The molecule has 67 heavy (non-hydrogen) atoms. The summed E-state index contributed by atoms with van der Waals surface area (Å²) in [6.07, 6.45) is -3.41. The van der Waals surface area contributed by atoms with Gasteiger partial charge >= 0.3 is 0 Å². The van der Waals surface area contributed by atoms with Crippen LogP contribution in [0.15, 0.2) is 0 Å². The molecule has 370 valence electrons. The van der Waals surface area contributed by atoms with Gasteiger partial charge in [-0.3, -0.25) is 9.11 Å². The van der Waals surface area contributed by atoms with Gasteiger partial charge < -0.3 is 35.5 Å². The van der Waals surface area contributed by atoms with Gasteiger partial charge in [-0.15, -0.1) is 0 Å². The first-order valence-corrected chi connectivity index (χ1v) is 23.6. The van der Waals surface area contributed by atoms with Crippen LogP contribution in [0.5, 0.6) is 17.2 Å². The van der Waals surface area contributed by atoms with Crippen LogP contribution < -0.4 is 35.5 Å². The average molecular weight is 1010 g/mol. The van der Waals surface area contributed by atoms with Crippen LogP contribution in [-0.4, -0.2) is 106 Å². The van der Waals surface area contributed by atoms with E-state index in [1.165, 1.54) is 0 Å². The van der Waals surface area contributed by atoms with Crippen molar-refractivity contribution in [1.82, 2.24) is 21.3 Å². The third-order valence-corrected chi connectivity index (χ3v) is 16.7. The molecular weight excluding hydrogens is 973 g/mol. The zero-order valence-corrected chi connectivity index (χ0v) is 36.5. The molecule has 5 saturated heterocycles. The zero-order valence-electron chi connectivity index (χ0n) is 34.9. The highest BCUT2D eigenvalue weighted by atomic mass is 32.2. The summed E-state index contributed by atoms with van der Waals surface area (Å²) in [6, 6.07) is -13.5. The number of hydrogen-bond donors (Lipinski definition) is 6. The topological polar surface area (TPSA) is 185 Å². The second-order valence-electron chi connectivity index (χ2n) is 17.3. The largest absolute Gasteiger partial charge is 0.491 e. The Morgan fingerprint density at radius 2 is 0.657 bits per heavy atom. The Morgan fingerprint density at radius 3 is 0.985 bits per heavy atom. The molecule has 5 aliphatic rings. The lowest BCUT2D eigenvalue weighted by atomic mass is 9.82. The lowest BCUT2D eigenvalue weighted by molar-refractivity contribution is 0.287. The van der Waals surface area contributed by atoms with Gasteiger partial charge in [0, 0.05) is 82.8 Å². The molecule has 6 N–H and O–H groups in total. The molecule has 5 heterocycles. The highest BCUT2D eigenvalue weighted by molar-refractivity contribution is 7.86. The standard InChI is InChI=1S/C40H40F12N4O9S2/c1-63-38-30(47)24(41)21(25(42)31(38)48)18-10-4-5-12(53-10)19(22-26(43)32(49)39(64-2)33(50)27(22)44)14-8-16(66(57,58)59)36(55-14)15-9-17(67(60,61)62)37(56-15)20(13-7-6-11(18)54-13)23-28(45)34(51)40(65-3)35(52)29(23)46/h10-20,36-37,53-56H,4-9H2,1-3H3,(H,57,58,59)(H,60,61,62). The molecule has 13 unspecified atom stereocenters. The fourth-order valence-electron chi connectivity index (χ4n) is 11.5. The van der Waals surface area contributed by atoms with Crippen LogP contribution in [-0.2, 0) is 20.2 Å². The number of rotatable bonds is 8. The van der Waals surface area contributed by atoms with Crippen LogP contribution in [0, 0.1) is 69.8 Å². The fourth-order valence-corrected chi connectivity index (χ4v) is 13.7. The minimum Gasteiger partial charge on any atom is -0.491 e. The smallest absolute Gasteiger partial charge is 0.269 e. The molecule has 3 aromatic carbocycles. The molecule has 0 aliphatic carbocycles. The maximum Gasteiger partial charge on any atom is 0.269 e. The molecule has 8 bridgehead atoms. The van der Waals surface area contributed by atoms with Crippen molar-refractivity contribution >= 4 is 20.2 Å². The van der Waals surface area contributed by atoms with E-state index in [1.807, 2.05) is 0 Å². The Labute approximate surface area is 373 Å². The average Bonchev–Trinajstić information content (AvgIpc) is 4.10. The van der Waals surface area contributed by atoms with Gasteiger partial charge in [0.05, 0.1) is 21.3 Å². The van der Waals surface area contributed by atoms with Gasteiger partial charge in [-0.25, -0.2) is 26.3 Å². The van der Waals surface area contributed by atoms with Crippen molar-refractivity contribution in [3.8, 4) is 17.2 Å². The molecule has 27 heteroatoms. The fraction of sp³-hybridized carbons (Fsp3) is 0.550. The van der Waals surface area contributed by atoms with E-state index in [1.54, 1.807) is 0 Å². The first-order valence-electron chi connectivity index (χ1n) is 20.5. The van der Waals surface area contributed by atoms with Crippen molar-refractivity contribution in [2.75, 3.05) is 21.3 Å². The van der Waals surface area contributed by atoms with E-state index >= 15 is 52.7 Å². The number of ether oxygens (including phenoxy) is 3. The molecule has 0 saturated carbocycles. The van der Waals surface area contributed by atoms with Gasteiger partial charge in [0.25, 0.3) is 20.2 Å². The van der Waals surface area contributed by atoms with E-state index in [-0.39, 0.29) is 12.8 Å². The minimum absolute atomic E-state index is 0.357. The van der Waals surface area contributed by atoms with Crippen molar-refractivity contribution in [3.63, 3.8) is 0 Å². The van der Waals surface area contributed by atoms with Crippen molar-refractivity contribution in [2.45, 2.75) is 115 Å². The number of benzene rings is 3. The van der Waals surface area contributed by atoms with Crippen LogP contribution >= 0.6 is 0 Å². The lowest BCUT2D eigenvalue weighted by Crippen LogP contribution is -2.54. The molecule has 5 aliphatic heterocycles. The van der Waals surface area contributed by atoms with Gasteiger partial charge in [-0.2, -0.15) is 43.2 Å². The van der Waals surface area contributed by atoms with E-state index in [9.17, 15) is 25.9 Å². The third-order valence-electron chi connectivity index (χ3n) is 14.2. The van der Waals surface area contributed by atoms with Gasteiger partial charge in [0.15, 0.2) is 52.2 Å². The van der Waals surface area contributed by atoms with E-state index in [4.69, 9.17) is 0 Å². The van der Waals surface area contributed by atoms with Gasteiger partial charge in [-0.05, 0) is 38.5 Å². The quantitative estimate of drug-likeness (QED) is 0.0978. The van der Waals surface area contributed by atoms with Crippen LogP contribution in [0.25, 0.3) is 0 Å². The number of methoxy groups -OCH3 is 3. The summed E-state index contributed by atoms with van der Waals surface area (Å²) in [6.45, 7) is 0. The molecular formula is C40H40F12N4O9S2. The van der Waals surface area contributed by atoms with Crippen molar-refractivity contribution < 1.29 is 92.8 Å². The highest BCUT2D eigenvalue weighted by Gasteiger charge is 2.59. The number of hydrogen-bond acceptors (Lipinski definition) is 11. The second kappa shape index (κ2) is 17.7. The molecule has 3 aromatic rings. The predicted octanol–water partition coefficient (Wildman–Crippen LogP) is 5.26. The first-order chi connectivity index (χ1) is 31.4. The molecule has 5 fully saturated rings. The molecule has 13 atom stereocenters. The lowest BCUT2D eigenvalue weighted by Gasteiger charge is -2.36. The van der Waals surface area contributed by atoms with Gasteiger partial charge in [0.1, 0.15) is 10.5 Å². The highest BCUT2D eigenvalue weighted by Crippen LogP contribution is 2.50. The van der Waals surface area contributed by atoms with Crippen LogP contribution in [0.2, 0.25) is 0 Å². The Balaban J connectivity index is 1.41. The number of nitrogens with one attached hydrogen (secondary N) is 4. The van der Waals surface area contributed by atoms with Crippen molar-refractivity contribution in [3.05, 3.63) is 86.5 Å². The monoisotopic (exact) mass is 1010 g/mol. The Morgan fingerprint density at radius 1 is 0.388 bits per heavy atom. The summed E-state index contributed by atoms with van der Waals surface area (Å²) in [5, 5.41) is 6.74. The number of fused-ring (bicyclic) bond motifs is 9. The Hall–Kier alpha value is -4.12. The summed E-state index contributed by atoms with van der Waals surface area (Å²) in [7, 11) is -8.82. The van der Waals surface area contributed by atoms with E-state index in [0.717, 1.165) is 0 Å². The summed E-state index contributed by atoms with van der Waals surface area (Å²) < 4.78 is 279. The van der Waals surface area contributed by atoms with Crippen LogP contribution in [0.4, 0.5) is 52.7 Å². The predicted molar refractivity (Wildman–Crippen MR) is 208 cm³/mol. The van der Waals surface area contributed by atoms with Crippen molar-refractivity contribution in [2.24, 2.45) is 0 Å².